The normalized spacial score (nSPS) is 15.3. The standard InChI is InChI=1S/C19H29N3O2/c1-3-4-5-6-10-18(23)20-17-9-7-8-16(15-17)19(24)22-13-11-21(2)12-14-22/h7-9,15H,3-6,10-14H2,1-2H3,(H,20,23). The predicted octanol–water partition coefficient (Wildman–Crippen LogP) is 2.98. The van der Waals surface area contributed by atoms with Crippen molar-refractivity contribution in [1.82, 2.24) is 9.80 Å². The number of piperazine rings is 1. The molecule has 1 saturated heterocycles. The topological polar surface area (TPSA) is 52.7 Å². The van der Waals surface area contributed by atoms with Crippen molar-refractivity contribution in [2.45, 2.75) is 39.0 Å². The minimum Gasteiger partial charge on any atom is -0.336 e. The van der Waals surface area contributed by atoms with Crippen molar-refractivity contribution in [2.75, 3.05) is 38.5 Å². The second-order valence-corrected chi connectivity index (χ2v) is 6.54. The average Bonchev–Trinajstić information content (AvgIpc) is 2.59. The van der Waals surface area contributed by atoms with E-state index in [1.807, 2.05) is 23.1 Å². The third-order valence-electron chi connectivity index (χ3n) is 4.44. The Hall–Kier alpha value is -1.88. The van der Waals surface area contributed by atoms with Crippen molar-refractivity contribution < 1.29 is 9.59 Å². The van der Waals surface area contributed by atoms with Gasteiger partial charge >= 0.3 is 0 Å². The number of carbonyl (C=O) groups is 2. The van der Waals surface area contributed by atoms with Crippen molar-refractivity contribution in [2.24, 2.45) is 0 Å². The fourth-order valence-electron chi connectivity index (χ4n) is 2.86. The molecule has 2 rings (SSSR count). The largest absolute Gasteiger partial charge is 0.336 e. The van der Waals surface area contributed by atoms with Crippen LogP contribution in [-0.2, 0) is 4.79 Å². The van der Waals surface area contributed by atoms with Crippen molar-refractivity contribution in [3.05, 3.63) is 29.8 Å². The lowest BCUT2D eigenvalue weighted by atomic mass is 10.1. The lowest BCUT2D eigenvalue weighted by Gasteiger charge is -2.32. The molecule has 1 aromatic rings. The smallest absolute Gasteiger partial charge is 0.254 e. The van der Waals surface area contributed by atoms with Gasteiger partial charge in [0.2, 0.25) is 5.91 Å². The van der Waals surface area contributed by atoms with Crippen molar-refractivity contribution in [3.63, 3.8) is 0 Å². The molecule has 1 N–H and O–H groups in total. The molecule has 1 aliphatic heterocycles. The number of amides is 2. The Morgan fingerprint density at radius 3 is 2.54 bits per heavy atom. The number of carbonyl (C=O) groups excluding carboxylic acids is 2. The molecule has 0 bridgehead atoms. The van der Waals surface area contributed by atoms with Gasteiger partial charge in [-0.05, 0) is 31.7 Å². The molecule has 0 aliphatic carbocycles. The van der Waals surface area contributed by atoms with Gasteiger partial charge in [0.05, 0.1) is 0 Å². The summed E-state index contributed by atoms with van der Waals surface area (Å²) in [5.41, 5.74) is 1.35. The van der Waals surface area contributed by atoms with E-state index >= 15 is 0 Å². The molecule has 0 radical (unpaired) electrons. The first-order valence-corrected chi connectivity index (χ1v) is 8.98. The van der Waals surface area contributed by atoms with Crippen molar-refractivity contribution >= 4 is 17.5 Å². The van der Waals surface area contributed by atoms with Crippen LogP contribution in [-0.4, -0.2) is 54.8 Å². The molecule has 1 heterocycles. The van der Waals surface area contributed by atoms with Crippen LogP contribution in [0.25, 0.3) is 0 Å². The number of hydrogen-bond donors (Lipinski definition) is 1. The summed E-state index contributed by atoms with van der Waals surface area (Å²) < 4.78 is 0. The molecule has 1 aromatic carbocycles. The van der Waals surface area contributed by atoms with Gasteiger partial charge in [-0.25, -0.2) is 0 Å². The Bertz CT molecular complexity index is 551. The minimum atomic E-state index is 0.0234. The molecule has 0 atom stereocenters. The molecule has 1 fully saturated rings. The van der Waals surface area contributed by atoms with Crippen LogP contribution in [0.5, 0.6) is 0 Å². The highest BCUT2D eigenvalue weighted by Gasteiger charge is 2.20. The van der Waals surface area contributed by atoms with Crippen LogP contribution < -0.4 is 5.32 Å². The summed E-state index contributed by atoms with van der Waals surface area (Å²) >= 11 is 0. The average molecular weight is 331 g/mol. The van der Waals surface area contributed by atoms with Crippen LogP contribution in [0.4, 0.5) is 5.69 Å². The molecular weight excluding hydrogens is 302 g/mol. The van der Waals surface area contributed by atoms with Crippen LogP contribution in [0.1, 0.15) is 49.4 Å². The van der Waals surface area contributed by atoms with Crippen LogP contribution in [0.3, 0.4) is 0 Å². The first-order chi connectivity index (χ1) is 11.6. The van der Waals surface area contributed by atoms with Gasteiger partial charge in [0.15, 0.2) is 0 Å². The Morgan fingerprint density at radius 1 is 1.08 bits per heavy atom. The number of unbranched alkanes of at least 4 members (excludes halogenated alkanes) is 3. The van der Waals surface area contributed by atoms with E-state index in [1.165, 1.54) is 6.42 Å². The maximum absolute atomic E-state index is 12.6. The van der Waals surface area contributed by atoms with E-state index in [4.69, 9.17) is 0 Å². The molecule has 24 heavy (non-hydrogen) atoms. The fourth-order valence-corrected chi connectivity index (χ4v) is 2.86. The van der Waals surface area contributed by atoms with Crippen LogP contribution in [0, 0.1) is 0 Å². The summed E-state index contributed by atoms with van der Waals surface area (Å²) in [6, 6.07) is 7.27. The number of benzene rings is 1. The molecule has 132 valence electrons. The van der Waals surface area contributed by atoms with E-state index in [0.717, 1.165) is 45.4 Å². The van der Waals surface area contributed by atoms with Crippen LogP contribution in [0.15, 0.2) is 24.3 Å². The van der Waals surface area contributed by atoms with Gasteiger partial charge in [-0.2, -0.15) is 0 Å². The summed E-state index contributed by atoms with van der Waals surface area (Å²) in [6.07, 6.45) is 4.88. The van der Waals surface area contributed by atoms with Crippen LogP contribution in [0.2, 0.25) is 0 Å². The van der Waals surface area contributed by atoms with Gasteiger partial charge in [0.1, 0.15) is 0 Å². The van der Waals surface area contributed by atoms with E-state index in [0.29, 0.717) is 17.7 Å². The zero-order chi connectivity index (χ0) is 17.4. The summed E-state index contributed by atoms with van der Waals surface area (Å²) in [5.74, 6) is 0.0671. The number of nitrogens with one attached hydrogen (secondary N) is 1. The lowest BCUT2D eigenvalue weighted by Crippen LogP contribution is -2.47. The summed E-state index contributed by atoms with van der Waals surface area (Å²) in [7, 11) is 2.07. The van der Waals surface area contributed by atoms with Crippen molar-refractivity contribution in [3.8, 4) is 0 Å². The zero-order valence-corrected chi connectivity index (χ0v) is 14.9. The minimum absolute atomic E-state index is 0.0234. The second kappa shape index (κ2) is 9.42. The highest BCUT2D eigenvalue weighted by molar-refractivity contribution is 5.97. The molecule has 5 nitrogen and oxygen atoms in total. The molecule has 1 aliphatic rings. The SMILES string of the molecule is CCCCCCC(=O)Nc1cccc(C(=O)N2CCN(C)CC2)c1. The van der Waals surface area contributed by atoms with E-state index in [2.05, 4.69) is 24.2 Å². The van der Waals surface area contributed by atoms with Gasteiger partial charge in [-0.15, -0.1) is 0 Å². The maximum atomic E-state index is 12.6. The number of nitrogens with zero attached hydrogens (tertiary/aromatic N) is 2. The first-order valence-electron chi connectivity index (χ1n) is 8.98. The third kappa shape index (κ3) is 5.64. The summed E-state index contributed by atoms with van der Waals surface area (Å²) in [4.78, 5) is 28.7. The number of anilines is 1. The predicted molar refractivity (Wildman–Crippen MR) is 97.2 cm³/mol. The molecular formula is C19H29N3O2. The second-order valence-electron chi connectivity index (χ2n) is 6.54. The maximum Gasteiger partial charge on any atom is 0.254 e. The van der Waals surface area contributed by atoms with Crippen LogP contribution >= 0.6 is 0 Å². The highest BCUT2D eigenvalue weighted by atomic mass is 16.2. The Kier molecular flexibility index (Phi) is 7.25. The third-order valence-corrected chi connectivity index (χ3v) is 4.44. The van der Waals surface area contributed by atoms with E-state index in [1.54, 1.807) is 6.07 Å². The molecule has 5 heteroatoms. The molecule has 0 unspecified atom stereocenters. The van der Waals surface area contributed by atoms with Crippen molar-refractivity contribution in [1.29, 1.82) is 0 Å². The monoisotopic (exact) mass is 331 g/mol. The molecule has 2 amide bonds. The van der Waals surface area contributed by atoms with Gasteiger partial charge in [0.25, 0.3) is 5.91 Å². The zero-order valence-electron chi connectivity index (χ0n) is 14.9. The number of rotatable bonds is 7. The van der Waals surface area contributed by atoms with E-state index in [-0.39, 0.29) is 11.8 Å². The number of likely N-dealkylation sites (N-methyl/N-ethyl adjacent to an activating group) is 1. The fraction of sp³-hybridized carbons (Fsp3) is 0.579. The molecule has 0 saturated carbocycles. The van der Waals surface area contributed by atoms with Gasteiger partial charge in [0, 0.05) is 43.9 Å². The number of hydrogen-bond acceptors (Lipinski definition) is 3. The van der Waals surface area contributed by atoms with Gasteiger partial charge < -0.3 is 15.1 Å². The first kappa shape index (κ1) is 18.5. The van der Waals surface area contributed by atoms with E-state index < -0.39 is 0 Å². The Labute approximate surface area is 145 Å². The quantitative estimate of drug-likeness (QED) is 0.782. The van der Waals surface area contributed by atoms with Gasteiger partial charge in [-0.3, -0.25) is 9.59 Å². The van der Waals surface area contributed by atoms with E-state index in [9.17, 15) is 9.59 Å². The highest BCUT2D eigenvalue weighted by Crippen LogP contribution is 2.15. The molecule has 0 aromatic heterocycles. The lowest BCUT2D eigenvalue weighted by molar-refractivity contribution is -0.116. The molecule has 0 spiro atoms. The van der Waals surface area contributed by atoms with Gasteiger partial charge in [-0.1, -0.05) is 32.3 Å². The summed E-state index contributed by atoms with van der Waals surface area (Å²) in [5, 5.41) is 2.91. The Morgan fingerprint density at radius 2 is 1.83 bits per heavy atom. The Balaban J connectivity index is 1.88. The summed E-state index contributed by atoms with van der Waals surface area (Å²) in [6.45, 7) is 5.47.